The largest absolute Gasteiger partial charge is 0.384 e. The minimum absolute atomic E-state index is 0.159. The van der Waals surface area contributed by atoms with Gasteiger partial charge in [-0.25, -0.2) is 0 Å². The molecule has 0 unspecified atom stereocenters. The van der Waals surface area contributed by atoms with E-state index >= 15 is 0 Å². The third-order valence-corrected chi connectivity index (χ3v) is 5.18. The van der Waals surface area contributed by atoms with E-state index in [1.807, 2.05) is 11.9 Å². The number of amides is 1. The maximum atomic E-state index is 12.7. The van der Waals surface area contributed by atoms with Gasteiger partial charge in [0.05, 0.1) is 6.61 Å². The summed E-state index contributed by atoms with van der Waals surface area (Å²) in [5, 5.41) is 0. The highest BCUT2D eigenvalue weighted by molar-refractivity contribution is 5.84. The third kappa shape index (κ3) is 2.48. The molecule has 3 rings (SSSR count). The first kappa shape index (κ1) is 14.6. The Morgan fingerprint density at radius 2 is 2.24 bits per heavy atom. The molecule has 0 saturated heterocycles. The Morgan fingerprint density at radius 1 is 1.48 bits per heavy atom. The van der Waals surface area contributed by atoms with Crippen LogP contribution in [0, 0.1) is 11.8 Å². The molecule has 3 atom stereocenters. The van der Waals surface area contributed by atoms with Crippen molar-refractivity contribution in [2.75, 3.05) is 27.3 Å². The number of carbonyl (C=O) groups excluding carboxylic acids is 1. The number of aryl methyl sites for hydroxylation is 1. The average molecular weight is 287 g/mol. The van der Waals surface area contributed by atoms with Gasteiger partial charge in [-0.3, -0.25) is 4.79 Å². The lowest BCUT2D eigenvalue weighted by molar-refractivity contribution is -0.132. The molecule has 2 aliphatic carbocycles. The van der Waals surface area contributed by atoms with Crippen molar-refractivity contribution in [1.29, 1.82) is 0 Å². The minimum atomic E-state index is 0.159. The molecule has 114 valence electrons. The van der Waals surface area contributed by atoms with Crippen LogP contribution in [-0.4, -0.2) is 38.1 Å². The maximum Gasteiger partial charge on any atom is 0.226 e. The quantitative estimate of drug-likeness (QED) is 0.833. The maximum absolute atomic E-state index is 12.7. The molecule has 0 aromatic heterocycles. The van der Waals surface area contributed by atoms with Crippen LogP contribution >= 0.6 is 0 Å². The van der Waals surface area contributed by atoms with Crippen molar-refractivity contribution in [3.8, 4) is 0 Å². The lowest BCUT2D eigenvalue weighted by atomic mass is 9.95. The number of rotatable bonds is 5. The number of nitrogens with zero attached hydrogens (tertiary/aromatic N) is 1. The highest BCUT2D eigenvalue weighted by Gasteiger charge is 2.61. The van der Waals surface area contributed by atoms with Crippen molar-refractivity contribution in [3.05, 3.63) is 35.4 Å². The van der Waals surface area contributed by atoms with Crippen LogP contribution < -0.4 is 0 Å². The van der Waals surface area contributed by atoms with Gasteiger partial charge in [-0.1, -0.05) is 31.2 Å². The molecule has 0 N–H and O–H groups in total. The summed E-state index contributed by atoms with van der Waals surface area (Å²) in [5.74, 6) is 0.894. The van der Waals surface area contributed by atoms with Gasteiger partial charge in [-0.15, -0.1) is 0 Å². The predicted molar refractivity (Wildman–Crippen MR) is 83.2 cm³/mol. The molecule has 3 nitrogen and oxygen atoms in total. The lowest BCUT2D eigenvalue weighted by Gasteiger charge is -2.22. The molecule has 21 heavy (non-hydrogen) atoms. The molecular formula is C18H25NO2. The number of methoxy groups -OCH3 is 1. The van der Waals surface area contributed by atoms with Gasteiger partial charge in [-0.05, 0) is 36.3 Å². The summed E-state index contributed by atoms with van der Waals surface area (Å²) >= 11 is 0. The van der Waals surface area contributed by atoms with Crippen LogP contribution in [0.5, 0.6) is 0 Å². The van der Waals surface area contributed by atoms with E-state index in [0.717, 1.165) is 25.8 Å². The van der Waals surface area contributed by atoms with E-state index in [4.69, 9.17) is 4.74 Å². The van der Waals surface area contributed by atoms with E-state index in [-0.39, 0.29) is 11.3 Å². The molecule has 0 bridgehead atoms. The Bertz CT molecular complexity index is 542. The topological polar surface area (TPSA) is 29.5 Å². The molecule has 0 radical (unpaired) electrons. The molecule has 1 spiro atoms. The van der Waals surface area contributed by atoms with Crippen molar-refractivity contribution in [2.45, 2.75) is 31.6 Å². The zero-order chi connectivity index (χ0) is 15.0. The van der Waals surface area contributed by atoms with Crippen molar-refractivity contribution >= 4 is 5.91 Å². The van der Waals surface area contributed by atoms with E-state index in [1.54, 1.807) is 7.11 Å². The third-order valence-electron chi connectivity index (χ3n) is 5.18. The molecule has 0 aliphatic heterocycles. The van der Waals surface area contributed by atoms with Crippen LogP contribution in [0.1, 0.15) is 30.9 Å². The normalized spacial score (nSPS) is 27.5. The standard InChI is InChI=1S/C18H25NO2/c1-13(12-21-3)11-19(2)17(20)16-10-18(16)9-8-14-6-4-5-7-15(14)18/h4-7,13,16H,8-12H2,1-3H3/t13-,16+,18+/m1/s1. The van der Waals surface area contributed by atoms with Crippen molar-refractivity contribution in [2.24, 2.45) is 11.8 Å². The SMILES string of the molecule is COC[C@H](C)CN(C)C(=O)[C@@H]1C[C@]12CCc1ccccc12. The van der Waals surface area contributed by atoms with Gasteiger partial charge < -0.3 is 9.64 Å². The molecule has 1 aromatic carbocycles. The van der Waals surface area contributed by atoms with Crippen LogP contribution in [-0.2, 0) is 21.4 Å². The van der Waals surface area contributed by atoms with Crippen LogP contribution in [0.4, 0.5) is 0 Å². The van der Waals surface area contributed by atoms with Crippen LogP contribution in [0.25, 0.3) is 0 Å². The molecule has 1 aromatic rings. The summed E-state index contributed by atoms with van der Waals surface area (Å²) < 4.78 is 5.16. The Kier molecular flexibility index (Phi) is 3.78. The number of hydrogen-bond acceptors (Lipinski definition) is 2. The summed E-state index contributed by atoms with van der Waals surface area (Å²) in [6.45, 7) is 3.61. The van der Waals surface area contributed by atoms with Crippen LogP contribution in [0.2, 0.25) is 0 Å². The second kappa shape index (κ2) is 5.45. The van der Waals surface area contributed by atoms with Crippen molar-refractivity contribution < 1.29 is 9.53 Å². The fourth-order valence-electron chi connectivity index (χ4n) is 4.08. The van der Waals surface area contributed by atoms with Gasteiger partial charge in [0.15, 0.2) is 0 Å². The first-order valence-corrected chi connectivity index (χ1v) is 7.91. The molecule has 2 aliphatic rings. The molecule has 1 saturated carbocycles. The Balaban J connectivity index is 1.67. The number of carbonyl (C=O) groups is 1. The van der Waals surface area contributed by atoms with Gasteiger partial charge in [-0.2, -0.15) is 0 Å². The van der Waals surface area contributed by atoms with E-state index < -0.39 is 0 Å². The second-order valence-corrected chi connectivity index (χ2v) is 6.85. The minimum Gasteiger partial charge on any atom is -0.384 e. The van der Waals surface area contributed by atoms with E-state index in [1.165, 1.54) is 11.1 Å². The first-order valence-electron chi connectivity index (χ1n) is 7.91. The van der Waals surface area contributed by atoms with E-state index in [0.29, 0.717) is 18.4 Å². The summed E-state index contributed by atoms with van der Waals surface area (Å²) in [5.41, 5.74) is 3.04. The van der Waals surface area contributed by atoms with E-state index in [2.05, 4.69) is 31.2 Å². The predicted octanol–water partition coefficient (Wildman–Crippen LogP) is 2.63. The number of fused-ring (bicyclic) bond motifs is 2. The summed E-state index contributed by atoms with van der Waals surface area (Å²) in [6, 6.07) is 8.66. The van der Waals surface area contributed by atoms with Gasteiger partial charge in [0, 0.05) is 32.0 Å². The Labute approximate surface area is 127 Å². The van der Waals surface area contributed by atoms with Crippen molar-refractivity contribution in [1.82, 2.24) is 4.90 Å². The number of benzene rings is 1. The molecule has 1 fully saturated rings. The fraction of sp³-hybridized carbons (Fsp3) is 0.611. The first-order chi connectivity index (χ1) is 10.1. The van der Waals surface area contributed by atoms with Gasteiger partial charge in [0.25, 0.3) is 0 Å². The van der Waals surface area contributed by atoms with Crippen LogP contribution in [0.15, 0.2) is 24.3 Å². The summed E-state index contributed by atoms with van der Waals surface area (Å²) in [4.78, 5) is 14.6. The average Bonchev–Trinajstić information content (AvgIpc) is 3.08. The molecule has 1 amide bonds. The molecule has 3 heteroatoms. The van der Waals surface area contributed by atoms with Gasteiger partial charge in [0.1, 0.15) is 0 Å². The van der Waals surface area contributed by atoms with Gasteiger partial charge in [0.2, 0.25) is 5.91 Å². The monoisotopic (exact) mass is 287 g/mol. The smallest absolute Gasteiger partial charge is 0.226 e. The number of ether oxygens (including phenoxy) is 1. The van der Waals surface area contributed by atoms with Gasteiger partial charge >= 0.3 is 0 Å². The Morgan fingerprint density at radius 3 is 3.00 bits per heavy atom. The van der Waals surface area contributed by atoms with Crippen LogP contribution in [0.3, 0.4) is 0 Å². The zero-order valence-electron chi connectivity index (χ0n) is 13.3. The Hall–Kier alpha value is -1.35. The van der Waals surface area contributed by atoms with Crippen molar-refractivity contribution in [3.63, 3.8) is 0 Å². The summed E-state index contributed by atoms with van der Waals surface area (Å²) in [7, 11) is 3.64. The molecular weight excluding hydrogens is 262 g/mol. The molecule has 0 heterocycles. The zero-order valence-corrected chi connectivity index (χ0v) is 13.3. The second-order valence-electron chi connectivity index (χ2n) is 6.85. The fourth-order valence-corrected chi connectivity index (χ4v) is 4.08. The van der Waals surface area contributed by atoms with E-state index in [9.17, 15) is 4.79 Å². The highest BCUT2D eigenvalue weighted by atomic mass is 16.5. The summed E-state index contributed by atoms with van der Waals surface area (Å²) in [6.07, 6.45) is 3.31. The highest BCUT2D eigenvalue weighted by Crippen LogP contribution is 2.61. The number of hydrogen-bond donors (Lipinski definition) is 0. The lowest BCUT2D eigenvalue weighted by Crippen LogP contribution is -2.35.